The first-order valence-corrected chi connectivity index (χ1v) is 6.73. The number of imidazole rings is 1. The standard InChI is InChI=1S/C14H10F3N5O2/c15-14(16,17)11-10(19-6-20-11)13(24)18-5-9-21-8-4-2-1-3-7(8)12(23)22-9/h1-4,6H,5H2,(H,18,24)(H,19,20)(H,21,22,23). The van der Waals surface area contributed by atoms with Crippen LogP contribution in [0.25, 0.3) is 10.9 Å². The number of rotatable bonds is 3. The number of H-pyrrole nitrogens is 2. The van der Waals surface area contributed by atoms with Crippen molar-refractivity contribution in [1.29, 1.82) is 0 Å². The first kappa shape index (κ1) is 15.7. The third-order valence-corrected chi connectivity index (χ3v) is 3.22. The Morgan fingerprint density at radius 2 is 2.00 bits per heavy atom. The van der Waals surface area contributed by atoms with Gasteiger partial charge in [0.2, 0.25) is 0 Å². The van der Waals surface area contributed by atoms with E-state index in [1.54, 1.807) is 24.3 Å². The minimum Gasteiger partial charge on any atom is -0.343 e. The van der Waals surface area contributed by atoms with Crippen LogP contribution >= 0.6 is 0 Å². The fourth-order valence-electron chi connectivity index (χ4n) is 2.15. The van der Waals surface area contributed by atoms with E-state index in [4.69, 9.17) is 0 Å². The van der Waals surface area contributed by atoms with Crippen LogP contribution in [-0.2, 0) is 12.7 Å². The first-order valence-electron chi connectivity index (χ1n) is 6.73. The first-order chi connectivity index (χ1) is 11.4. The molecule has 7 nitrogen and oxygen atoms in total. The van der Waals surface area contributed by atoms with E-state index in [1.165, 1.54) is 0 Å². The largest absolute Gasteiger partial charge is 0.433 e. The molecule has 0 spiro atoms. The zero-order valence-electron chi connectivity index (χ0n) is 11.9. The van der Waals surface area contributed by atoms with Crippen LogP contribution in [0.15, 0.2) is 35.4 Å². The minimum atomic E-state index is -4.72. The Kier molecular flexibility index (Phi) is 3.80. The number of nitrogens with one attached hydrogen (secondary N) is 3. The number of hydrogen-bond donors (Lipinski definition) is 3. The predicted octanol–water partition coefficient (Wildman–Crippen LogP) is 1.60. The monoisotopic (exact) mass is 337 g/mol. The highest BCUT2D eigenvalue weighted by Crippen LogP contribution is 2.29. The van der Waals surface area contributed by atoms with Gasteiger partial charge in [-0.05, 0) is 12.1 Å². The molecule has 124 valence electrons. The quantitative estimate of drug-likeness (QED) is 0.675. The van der Waals surface area contributed by atoms with Crippen molar-refractivity contribution in [3.63, 3.8) is 0 Å². The molecule has 0 saturated heterocycles. The van der Waals surface area contributed by atoms with E-state index in [1.807, 2.05) is 4.98 Å². The number of alkyl halides is 3. The number of benzene rings is 1. The third kappa shape index (κ3) is 2.98. The van der Waals surface area contributed by atoms with Crippen LogP contribution in [-0.4, -0.2) is 25.8 Å². The van der Waals surface area contributed by atoms with Gasteiger partial charge in [-0.3, -0.25) is 9.59 Å². The summed E-state index contributed by atoms with van der Waals surface area (Å²) in [6.45, 7) is -0.247. The van der Waals surface area contributed by atoms with Crippen LogP contribution in [0.4, 0.5) is 13.2 Å². The molecule has 2 aromatic heterocycles. The number of amides is 1. The van der Waals surface area contributed by atoms with Crippen molar-refractivity contribution in [1.82, 2.24) is 25.3 Å². The number of fused-ring (bicyclic) bond motifs is 1. The molecule has 2 heterocycles. The molecule has 3 rings (SSSR count). The van der Waals surface area contributed by atoms with Gasteiger partial charge in [0.05, 0.1) is 23.8 Å². The number of nitrogens with zero attached hydrogens (tertiary/aromatic N) is 2. The Hall–Kier alpha value is -3.17. The van der Waals surface area contributed by atoms with Crippen LogP contribution in [0.2, 0.25) is 0 Å². The van der Waals surface area contributed by atoms with Gasteiger partial charge in [-0.15, -0.1) is 0 Å². The molecule has 0 radical (unpaired) electrons. The van der Waals surface area contributed by atoms with Crippen molar-refractivity contribution < 1.29 is 18.0 Å². The summed E-state index contributed by atoms with van der Waals surface area (Å²) in [7, 11) is 0. The molecule has 0 fully saturated rings. The van der Waals surface area contributed by atoms with Gasteiger partial charge in [0.1, 0.15) is 5.82 Å². The second kappa shape index (κ2) is 5.80. The summed E-state index contributed by atoms with van der Waals surface area (Å²) in [6, 6.07) is 6.57. The van der Waals surface area contributed by atoms with Crippen molar-refractivity contribution >= 4 is 16.8 Å². The topological polar surface area (TPSA) is 104 Å². The molecule has 1 aromatic carbocycles. The van der Waals surface area contributed by atoms with E-state index in [2.05, 4.69) is 20.3 Å². The van der Waals surface area contributed by atoms with Gasteiger partial charge in [-0.25, -0.2) is 9.97 Å². The molecule has 0 unspecified atom stereocenters. The van der Waals surface area contributed by atoms with Crippen LogP contribution in [0.5, 0.6) is 0 Å². The Labute approximate surface area is 132 Å². The fourth-order valence-corrected chi connectivity index (χ4v) is 2.15. The Morgan fingerprint density at radius 3 is 2.75 bits per heavy atom. The lowest BCUT2D eigenvalue weighted by atomic mass is 10.2. The van der Waals surface area contributed by atoms with Crippen molar-refractivity contribution in [3.05, 3.63) is 58.2 Å². The predicted molar refractivity (Wildman–Crippen MR) is 77.1 cm³/mol. The molecule has 0 atom stereocenters. The summed E-state index contributed by atoms with van der Waals surface area (Å²) in [5, 5.41) is 2.63. The maximum absolute atomic E-state index is 12.7. The molecule has 24 heavy (non-hydrogen) atoms. The van der Waals surface area contributed by atoms with Crippen molar-refractivity contribution in [2.75, 3.05) is 0 Å². The van der Waals surface area contributed by atoms with Gasteiger partial charge in [0, 0.05) is 0 Å². The lowest BCUT2D eigenvalue weighted by Crippen LogP contribution is -2.28. The van der Waals surface area contributed by atoms with Crippen LogP contribution < -0.4 is 10.9 Å². The minimum absolute atomic E-state index is 0.121. The normalized spacial score (nSPS) is 11.6. The molecule has 0 bridgehead atoms. The number of aromatic amines is 2. The highest BCUT2D eigenvalue weighted by Gasteiger charge is 2.37. The van der Waals surface area contributed by atoms with Gasteiger partial charge >= 0.3 is 6.18 Å². The van der Waals surface area contributed by atoms with E-state index >= 15 is 0 Å². The summed E-state index contributed by atoms with van der Waals surface area (Å²) in [4.78, 5) is 35.6. The fraction of sp³-hybridized carbons (Fsp3) is 0.143. The van der Waals surface area contributed by atoms with Gasteiger partial charge in [-0.1, -0.05) is 12.1 Å². The molecule has 0 aliphatic heterocycles. The zero-order chi connectivity index (χ0) is 17.3. The molecule has 3 N–H and O–H groups in total. The summed E-state index contributed by atoms with van der Waals surface area (Å²) in [6.07, 6.45) is -3.94. The maximum atomic E-state index is 12.7. The Balaban J connectivity index is 1.80. The van der Waals surface area contributed by atoms with Gasteiger partial charge in [0.15, 0.2) is 11.4 Å². The smallest absolute Gasteiger partial charge is 0.343 e. The molecule has 0 aliphatic rings. The van der Waals surface area contributed by atoms with Gasteiger partial charge < -0.3 is 15.3 Å². The highest BCUT2D eigenvalue weighted by atomic mass is 19.4. The molecule has 1 amide bonds. The second-order valence-electron chi connectivity index (χ2n) is 4.84. The van der Waals surface area contributed by atoms with E-state index < -0.39 is 29.0 Å². The number of halogens is 3. The number of para-hydroxylation sites is 1. The molecule has 3 aromatic rings. The SMILES string of the molecule is O=C(NCc1nc2ccccc2c(=O)[nH]1)c1nc[nH]c1C(F)(F)F. The summed E-state index contributed by atoms with van der Waals surface area (Å²) >= 11 is 0. The van der Waals surface area contributed by atoms with Crippen molar-refractivity contribution in [2.45, 2.75) is 12.7 Å². The van der Waals surface area contributed by atoms with Crippen LogP contribution in [0, 0.1) is 0 Å². The number of aromatic nitrogens is 4. The van der Waals surface area contributed by atoms with E-state index in [0.717, 1.165) is 6.33 Å². The number of hydrogen-bond acceptors (Lipinski definition) is 4. The molecule has 0 aliphatic carbocycles. The zero-order valence-corrected chi connectivity index (χ0v) is 11.9. The van der Waals surface area contributed by atoms with E-state index in [0.29, 0.717) is 10.9 Å². The lowest BCUT2D eigenvalue weighted by Gasteiger charge is -2.07. The highest BCUT2D eigenvalue weighted by molar-refractivity contribution is 5.93. The van der Waals surface area contributed by atoms with E-state index in [-0.39, 0.29) is 12.4 Å². The Morgan fingerprint density at radius 1 is 1.25 bits per heavy atom. The number of carbonyl (C=O) groups is 1. The van der Waals surface area contributed by atoms with Gasteiger partial charge in [-0.2, -0.15) is 13.2 Å². The third-order valence-electron chi connectivity index (χ3n) is 3.22. The second-order valence-corrected chi connectivity index (χ2v) is 4.84. The van der Waals surface area contributed by atoms with Crippen molar-refractivity contribution in [3.8, 4) is 0 Å². The molecular weight excluding hydrogens is 327 g/mol. The van der Waals surface area contributed by atoms with E-state index in [9.17, 15) is 22.8 Å². The maximum Gasteiger partial charge on any atom is 0.433 e. The van der Waals surface area contributed by atoms with Crippen LogP contribution in [0.3, 0.4) is 0 Å². The van der Waals surface area contributed by atoms with Gasteiger partial charge in [0.25, 0.3) is 11.5 Å². The average Bonchev–Trinajstić information content (AvgIpc) is 3.03. The van der Waals surface area contributed by atoms with Crippen LogP contribution in [0.1, 0.15) is 22.0 Å². The summed E-state index contributed by atoms with van der Waals surface area (Å²) in [5.74, 6) is -0.907. The summed E-state index contributed by atoms with van der Waals surface area (Å²) < 4.78 is 38.2. The molecule has 10 heteroatoms. The molecular formula is C14H10F3N5O2. The molecule has 0 saturated carbocycles. The lowest BCUT2D eigenvalue weighted by molar-refractivity contribution is -0.141. The summed E-state index contributed by atoms with van der Waals surface area (Å²) in [5.41, 5.74) is -1.99. The number of carbonyl (C=O) groups excluding carboxylic acids is 1. The van der Waals surface area contributed by atoms with Crippen molar-refractivity contribution in [2.24, 2.45) is 0 Å². The average molecular weight is 337 g/mol. The Bertz CT molecular complexity index is 961.